The molecule has 27 heavy (non-hydrogen) atoms. The van der Waals surface area contributed by atoms with Gasteiger partial charge in [0.05, 0.1) is 22.3 Å². The lowest BCUT2D eigenvalue weighted by Crippen LogP contribution is -2.36. The molecular weight excluding hydrogens is 338 g/mol. The molecule has 0 atom stereocenters. The number of nitrogens with one attached hydrogen (secondary N) is 2. The van der Waals surface area contributed by atoms with Gasteiger partial charge in [-0.15, -0.1) is 0 Å². The van der Waals surface area contributed by atoms with E-state index in [-0.39, 0.29) is 5.56 Å². The van der Waals surface area contributed by atoms with Crippen LogP contribution < -0.4 is 16.0 Å². The summed E-state index contributed by atoms with van der Waals surface area (Å²) in [5.41, 5.74) is 8.04. The average Bonchev–Trinajstić information content (AvgIpc) is 3.08. The van der Waals surface area contributed by atoms with Crippen molar-refractivity contribution < 1.29 is 0 Å². The van der Waals surface area contributed by atoms with E-state index in [0.29, 0.717) is 28.9 Å². The first kappa shape index (κ1) is 16.9. The number of hydrogen-bond acceptors (Lipinski definition) is 4. The monoisotopic (exact) mass is 357 g/mol. The van der Waals surface area contributed by atoms with Gasteiger partial charge >= 0.3 is 0 Å². The third kappa shape index (κ3) is 2.75. The third-order valence-electron chi connectivity index (χ3n) is 4.90. The number of nitriles is 1. The van der Waals surface area contributed by atoms with Gasteiger partial charge in [0.1, 0.15) is 11.7 Å². The Bertz CT molecular complexity index is 1230. The highest BCUT2D eigenvalue weighted by Crippen LogP contribution is 2.21. The number of imidazole rings is 1. The molecule has 4 aromatic rings. The number of rotatable bonds is 4. The number of fused-ring (bicyclic) bond motifs is 3. The second-order valence-electron chi connectivity index (χ2n) is 6.45. The highest BCUT2D eigenvalue weighted by Gasteiger charge is 2.18. The van der Waals surface area contributed by atoms with E-state index in [1.807, 2.05) is 73.6 Å². The minimum absolute atomic E-state index is 0.118. The van der Waals surface area contributed by atoms with Crippen LogP contribution >= 0.6 is 0 Å². The quantitative estimate of drug-likeness (QED) is 0.550. The summed E-state index contributed by atoms with van der Waals surface area (Å²) in [7, 11) is 1.90. The number of pyridine rings is 1. The Morgan fingerprint density at radius 2 is 1.85 bits per heavy atom. The summed E-state index contributed by atoms with van der Waals surface area (Å²) in [6.07, 6.45) is 0. The molecular formula is C21H19N5O. The zero-order chi connectivity index (χ0) is 19.0. The van der Waals surface area contributed by atoms with Crippen molar-refractivity contribution in [2.45, 2.75) is 13.5 Å². The molecule has 0 bridgehead atoms. The van der Waals surface area contributed by atoms with E-state index in [0.717, 1.165) is 16.7 Å². The van der Waals surface area contributed by atoms with Crippen molar-refractivity contribution in [2.75, 3.05) is 12.1 Å². The number of aromatic amines is 1. The minimum Gasteiger partial charge on any atom is -0.338 e. The normalized spacial score (nSPS) is 11.0. The van der Waals surface area contributed by atoms with E-state index in [1.54, 1.807) is 4.40 Å². The molecule has 2 aromatic carbocycles. The van der Waals surface area contributed by atoms with E-state index in [9.17, 15) is 10.1 Å². The van der Waals surface area contributed by atoms with Crippen LogP contribution in [0, 0.1) is 18.3 Å². The number of benzene rings is 2. The highest BCUT2D eigenvalue weighted by molar-refractivity contribution is 5.82. The van der Waals surface area contributed by atoms with Crippen molar-refractivity contribution in [3.63, 3.8) is 0 Å². The predicted molar refractivity (Wildman–Crippen MR) is 107 cm³/mol. The second kappa shape index (κ2) is 6.63. The molecule has 6 nitrogen and oxygen atoms in total. The fraction of sp³-hybridized carbons (Fsp3) is 0.143. The molecule has 6 heteroatoms. The van der Waals surface area contributed by atoms with Crippen LogP contribution in [0.1, 0.15) is 16.7 Å². The lowest BCUT2D eigenvalue weighted by Gasteiger charge is -2.21. The smallest absolute Gasteiger partial charge is 0.261 e. The second-order valence-corrected chi connectivity index (χ2v) is 6.45. The van der Waals surface area contributed by atoms with Crippen LogP contribution in [0.15, 0.2) is 59.4 Å². The molecule has 0 aliphatic carbocycles. The molecule has 4 rings (SSSR count). The Hall–Kier alpha value is -3.56. The van der Waals surface area contributed by atoms with Gasteiger partial charge in [-0.1, -0.05) is 30.3 Å². The van der Waals surface area contributed by atoms with Gasteiger partial charge in [-0.25, -0.2) is 5.43 Å². The first-order chi connectivity index (χ1) is 13.1. The molecule has 0 aliphatic heterocycles. The SMILES string of the molecule is Cc1c(CNN(C)c2ccccc2)c(=O)n2c([nH]c3ccccc32)c1C#N. The van der Waals surface area contributed by atoms with Gasteiger partial charge < -0.3 is 9.99 Å². The lowest BCUT2D eigenvalue weighted by molar-refractivity contribution is 0.669. The molecule has 0 fully saturated rings. The van der Waals surface area contributed by atoms with Crippen LogP contribution in [-0.4, -0.2) is 16.4 Å². The molecule has 0 radical (unpaired) electrons. The molecule has 2 aromatic heterocycles. The molecule has 2 N–H and O–H groups in total. The lowest BCUT2D eigenvalue weighted by atomic mass is 10.1. The van der Waals surface area contributed by atoms with Crippen molar-refractivity contribution in [1.82, 2.24) is 14.8 Å². The first-order valence-electron chi connectivity index (χ1n) is 8.69. The Morgan fingerprint density at radius 3 is 2.59 bits per heavy atom. The van der Waals surface area contributed by atoms with Gasteiger partial charge in [0.2, 0.25) is 0 Å². The van der Waals surface area contributed by atoms with Crippen LogP contribution in [-0.2, 0) is 6.54 Å². The molecule has 0 aliphatic rings. The van der Waals surface area contributed by atoms with Gasteiger partial charge in [0.25, 0.3) is 5.56 Å². The molecule has 2 heterocycles. The number of nitrogens with zero attached hydrogens (tertiary/aromatic N) is 3. The fourth-order valence-electron chi connectivity index (χ4n) is 3.37. The number of anilines is 1. The van der Waals surface area contributed by atoms with E-state index < -0.39 is 0 Å². The van der Waals surface area contributed by atoms with Crippen molar-refractivity contribution in [3.05, 3.63) is 81.6 Å². The Balaban J connectivity index is 1.82. The number of hydrazine groups is 1. The summed E-state index contributed by atoms with van der Waals surface area (Å²) in [5.74, 6) is 0. The van der Waals surface area contributed by atoms with E-state index in [1.165, 1.54) is 0 Å². The summed E-state index contributed by atoms with van der Waals surface area (Å²) in [6, 6.07) is 19.7. The van der Waals surface area contributed by atoms with Crippen molar-refractivity contribution in [2.24, 2.45) is 0 Å². The Kier molecular flexibility index (Phi) is 4.15. The van der Waals surface area contributed by atoms with Crippen LogP contribution in [0.2, 0.25) is 0 Å². The molecule has 0 saturated carbocycles. The summed E-state index contributed by atoms with van der Waals surface area (Å²) >= 11 is 0. The molecule has 0 saturated heterocycles. The van der Waals surface area contributed by atoms with Crippen molar-refractivity contribution in [1.29, 1.82) is 5.26 Å². The van der Waals surface area contributed by atoms with Gasteiger partial charge in [0, 0.05) is 19.2 Å². The van der Waals surface area contributed by atoms with Crippen LogP contribution in [0.3, 0.4) is 0 Å². The Morgan fingerprint density at radius 1 is 1.15 bits per heavy atom. The van der Waals surface area contributed by atoms with Crippen LogP contribution in [0.4, 0.5) is 5.69 Å². The van der Waals surface area contributed by atoms with Crippen LogP contribution in [0.25, 0.3) is 16.7 Å². The highest BCUT2D eigenvalue weighted by atomic mass is 16.1. The molecule has 0 spiro atoms. The first-order valence-corrected chi connectivity index (χ1v) is 8.69. The van der Waals surface area contributed by atoms with Gasteiger partial charge in [-0.2, -0.15) is 5.26 Å². The number of hydrogen-bond donors (Lipinski definition) is 2. The van der Waals surface area contributed by atoms with Gasteiger partial charge in [-0.05, 0) is 36.8 Å². The average molecular weight is 357 g/mol. The molecule has 0 amide bonds. The fourth-order valence-corrected chi connectivity index (χ4v) is 3.37. The molecule has 0 unspecified atom stereocenters. The minimum atomic E-state index is -0.118. The predicted octanol–water partition coefficient (Wildman–Crippen LogP) is 3.10. The summed E-state index contributed by atoms with van der Waals surface area (Å²) in [6.45, 7) is 2.15. The summed E-state index contributed by atoms with van der Waals surface area (Å²) < 4.78 is 1.60. The maximum Gasteiger partial charge on any atom is 0.261 e. The number of aromatic nitrogens is 2. The summed E-state index contributed by atoms with van der Waals surface area (Å²) in [4.78, 5) is 16.4. The summed E-state index contributed by atoms with van der Waals surface area (Å²) in [5, 5.41) is 11.6. The van der Waals surface area contributed by atoms with Crippen molar-refractivity contribution in [3.8, 4) is 6.07 Å². The maximum atomic E-state index is 13.2. The number of para-hydroxylation sites is 3. The zero-order valence-corrected chi connectivity index (χ0v) is 15.2. The van der Waals surface area contributed by atoms with Crippen LogP contribution in [0.5, 0.6) is 0 Å². The van der Waals surface area contributed by atoms with Crippen molar-refractivity contribution >= 4 is 22.4 Å². The van der Waals surface area contributed by atoms with E-state index >= 15 is 0 Å². The topological polar surface area (TPSA) is 76.3 Å². The molecule has 134 valence electrons. The Labute approximate surface area is 156 Å². The largest absolute Gasteiger partial charge is 0.338 e. The van der Waals surface area contributed by atoms with Gasteiger partial charge in [0.15, 0.2) is 0 Å². The number of H-pyrrole nitrogens is 1. The third-order valence-corrected chi connectivity index (χ3v) is 4.90. The standard InChI is InChI=1S/C21H19N5O/c1-14-16(12-22)20-24-18-10-6-7-11-19(18)26(20)21(27)17(14)13-23-25(2)15-8-4-3-5-9-15/h3-11,23-24H,13H2,1-2H3. The van der Waals surface area contributed by atoms with Gasteiger partial charge in [-0.3, -0.25) is 9.20 Å². The zero-order valence-electron chi connectivity index (χ0n) is 15.2. The maximum absolute atomic E-state index is 13.2. The van der Waals surface area contributed by atoms with E-state index in [4.69, 9.17) is 0 Å². The van der Waals surface area contributed by atoms with E-state index in [2.05, 4.69) is 16.5 Å².